The second-order valence-corrected chi connectivity index (χ2v) is 4.23. The highest BCUT2D eigenvalue weighted by Gasteiger charge is 2.11. The van der Waals surface area contributed by atoms with E-state index < -0.39 is 11.9 Å². The number of rotatable bonds is 4. The maximum absolute atomic E-state index is 11.1. The second-order valence-electron chi connectivity index (χ2n) is 3.34. The van der Waals surface area contributed by atoms with Gasteiger partial charge in [0, 0.05) is 11.1 Å². The van der Waals surface area contributed by atoms with Crippen LogP contribution in [0.4, 0.5) is 4.79 Å². The number of aromatic nitrogens is 1. The minimum absolute atomic E-state index is 0.0303. The van der Waals surface area contributed by atoms with E-state index in [2.05, 4.69) is 10.3 Å². The molecular weight excluding hydrogens is 228 g/mol. The first-order chi connectivity index (χ1) is 7.49. The van der Waals surface area contributed by atoms with Crippen molar-refractivity contribution in [3.63, 3.8) is 0 Å². The van der Waals surface area contributed by atoms with Crippen LogP contribution in [0.1, 0.15) is 23.7 Å². The number of hydrogen-bond donors (Lipinski definition) is 3. The van der Waals surface area contributed by atoms with Crippen LogP contribution < -0.4 is 16.4 Å². The van der Waals surface area contributed by atoms with Gasteiger partial charge in [-0.3, -0.25) is 15.4 Å². The van der Waals surface area contributed by atoms with Crippen LogP contribution in [0, 0.1) is 6.92 Å². The molecule has 16 heavy (non-hydrogen) atoms. The summed E-state index contributed by atoms with van der Waals surface area (Å²) in [6, 6.07) is -0.873. The Hall–Kier alpha value is -1.47. The Balaban J connectivity index is 2.38. The lowest BCUT2D eigenvalue weighted by atomic mass is 10.3. The van der Waals surface area contributed by atoms with Crippen molar-refractivity contribution >= 4 is 23.3 Å². The van der Waals surface area contributed by atoms with Crippen LogP contribution in [0.5, 0.6) is 0 Å². The molecule has 3 amide bonds. The molecule has 88 valence electrons. The van der Waals surface area contributed by atoms with Gasteiger partial charge in [0.25, 0.3) is 0 Å². The molecule has 1 rings (SSSR count). The molecule has 1 heterocycles. The normalized spacial score (nSPS) is 12.1. The molecule has 6 nitrogen and oxygen atoms in total. The zero-order valence-electron chi connectivity index (χ0n) is 9.11. The molecule has 0 saturated heterocycles. The van der Waals surface area contributed by atoms with Crippen molar-refractivity contribution in [3.05, 3.63) is 16.1 Å². The molecule has 0 aliphatic carbocycles. The smallest absolute Gasteiger partial charge is 0.318 e. The summed E-state index contributed by atoms with van der Waals surface area (Å²) in [6.07, 6.45) is 0. The SMILES string of the molecule is Cc1csc(C(C)NCC(=O)NC(N)=O)n1. The number of aryl methyl sites for hydroxylation is 1. The third-order valence-corrected chi connectivity index (χ3v) is 2.98. The molecule has 0 radical (unpaired) electrons. The van der Waals surface area contributed by atoms with E-state index in [1.165, 1.54) is 11.3 Å². The highest BCUT2D eigenvalue weighted by atomic mass is 32.1. The molecule has 0 aromatic carbocycles. The van der Waals surface area contributed by atoms with Crippen molar-refractivity contribution in [2.45, 2.75) is 19.9 Å². The van der Waals surface area contributed by atoms with Crippen molar-refractivity contribution in [2.75, 3.05) is 6.54 Å². The molecule has 0 bridgehead atoms. The lowest BCUT2D eigenvalue weighted by molar-refractivity contribution is -0.119. The van der Waals surface area contributed by atoms with E-state index in [9.17, 15) is 9.59 Å². The maximum Gasteiger partial charge on any atom is 0.318 e. The van der Waals surface area contributed by atoms with Gasteiger partial charge < -0.3 is 5.73 Å². The fourth-order valence-electron chi connectivity index (χ4n) is 1.09. The number of primary amides is 1. The van der Waals surface area contributed by atoms with Crippen molar-refractivity contribution in [1.29, 1.82) is 0 Å². The molecule has 1 unspecified atom stereocenters. The molecular formula is C9H14N4O2S. The molecule has 1 aromatic rings. The summed E-state index contributed by atoms with van der Waals surface area (Å²) in [4.78, 5) is 25.8. The summed E-state index contributed by atoms with van der Waals surface area (Å²) < 4.78 is 0. The summed E-state index contributed by atoms with van der Waals surface area (Å²) in [5.41, 5.74) is 5.76. The molecule has 1 aromatic heterocycles. The van der Waals surface area contributed by atoms with Crippen LogP contribution in [0.2, 0.25) is 0 Å². The summed E-state index contributed by atoms with van der Waals surface area (Å²) in [5.74, 6) is -0.451. The van der Waals surface area contributed by atoms with Gasteiger partial charge in [-0.05, 0) is 13.8 Å². The number of amides is 3. The first-order valence-corrected chi connectivity index (χ1v) is 5.61. The number of carbonyl (C=O) groups excluding carboxylic acids is 2. The number of hydrogen-bond acceptors (Lipinski definition) is 5. The van der Waals surface area contributed by atoms with E-state index >= 15 is 0 Å². The van der Waals surface area contributed by atoms with Gasteiger partial charge >= 0.3 is 6.03 Å². The second kappa shape index (κ2) is 5.57. The number of nitrogens with two attached hydrogens (primary N) is 1. The Bertz CT molecular complexity index is 391. The predicted octanol–water partition coefficient (Wildman–Crippen LogP) is 0.297. The van der Waals surface area contributed by atoms with Crippen LogP contribution in [0.15, 0.2) is 5.38 Å². The third-order valence-electron chi connectivity index (χ3n) is 1.84. The number of nitrogens with one attached hydrogen (secondary N) is 2. The average molecular weight is 242 g/mol. The maximum atomic E-state index is 11.1. The third kappa shape index (κ3) is 3.95. The van der Waals surface area contributed by atoms with Crippen LogP contribution in [0.3, 0.4) is 0 Å². The van der Waals surface area contributed by atoms with Crippen molar-refractivity contribution < 1.29 is 9.59 Å². The van der Waals surface area contributed by atoms with Gasteiger partial charge in [-0.2, -0.15) is 0 Å². The Kier molecular flexibility index (Phi) is 4.39. The van der Waals surface area contributed by atoms with Crippen molar-refractivity contribution in [1.82, 2.24) is 15.6 Å². The van der Waals surface area contributed by atoms with Crippen molar-refractivity contribution in [2.24, 2.45) is 5.73 Å². The van der Waals surface area contributed by atoms with E-state index in [0.29, 0.717) is 0 Å². The van der Waals surface area contributed by atoms with Crippen LogP contribution >= 0.6 is 11.3 Å². The van der Waals surface area contributed by atoms with E-state index in [0.717, 1.165) is 10.7 Å². The van der Waals surface area contributed by atoms with Gasteiger partial charge in [0.1, 0.15) is 5.01 Å². The zero-order valence-corrected chi connectivity index (χ0v) is 9.93. The molecule has 4 N–H and O–H groups in total. The lowest BCUT2D eigenvalue weighted by Gasteiger charge is -2.09. The fraction of sp³-hybridized carbons (Fsp3) is 0.444. The minimum atomic E-state index is -0.843. The standard InChI is InChI=1S/C9H14N4O2S/c1-5-4-16-8(12-5)6(2)11-3-7(14)13-9(10)15/h4,6,11H,3H2,1-2H3,(H3,10,13,14,15). The Morgan fingerprint density at radius 3 is 2.81 bits per heavy atom. The molecule has 1 atom stereocenters. The number of nitrogens with zero attached hydrogens (tertiary/aromatic N) is 1. The largest absolute Gasteiger partial charge is 0.351 e. The zero-order chi connectivity index (χ0) is 12.1. The molecule has 0 saturated carbocycles. The molecule has 0 aliphatic rings. The van der Waals surface area contributed by atoms with E-state index in [4.69, 9.17) is 5.73 Å². The molecule has 0 fully saturated rings. The van der Waals surface area contributed by atoms with Gasteiger partial charge in [-0.25, -0.2) is 9.78 Å². The highest BCUT2D eigenvalue weighted by Crippen LogP contribution is 2.16. The average Bonchev–Trinajstić information content (AvgIpc) is 2.60. The number of thiazole rings is 1. The number of imide groups is 1. The van der Waals surface area contributed by atoms with Gasteiger partial charge in [0.05, 0.1) is 12.6 Å². The summed E-state index contributed by atoms with van der Waals surface area (Å²) in [7, 11) is 0. The number of carbonyl (C=O) groups is 2. The minimum Gasteiger partial charge on any atom is -0.351 e. The summed E-state index contributed by atoms with van der Waals surface area (Å²) >= 11 is 1.53. The van der Waals surface area contributed by atoms with Crippen molar-refractivity contribution in [3.8, 4) is 0 Å². The first kappa shape index (κ1) is 12.6. The summed E-state index contributed by atoms with van der Waals surface area (Å²) in [5, 5.41) is 7.77. The van der Waals surface area contributed by atoms with Gasteiger partial charge in [0.2, 0.25) is 5.91 Å². The van der Waals surface area contributed by atoms with E-state index in [-0.39, 0.29) is 12.6 Å². The Morgan fingerprint density at radius 2 is 2.31 bits per heavy atom. The highest BCUT2D eigenvalue weighted by molar-refractivity contribution is 7.09. The molecule has 0 aliphatic heterocycles. The van der Waals surface area contributed by atoms with Gasteiger partial charge in [-0.15, -0.1) is 11.3 Å². The van der Waals surface area contributed by atoms with Crippen LogP contribution in [0.25, 0.3) is 0 Å². The Morgan fingerprint density at radius 1 is 1.62 bits per heavy atom. The van der Waals surface area contributed by atoms with Crippen LogP contribution in [-0.4, -0.2) is 23.5 Å². The first-order valence-electron chi connectivity index (χ1n) is 4.73. The van der Waals surface area contributed by atoms with Crippen LogP contribution in [-0.2, 0) is 4.79 Å². The van der Waals surface area contributed by atoms with E-state index in [1.807, 2.05) is 24.5 Å². The topological polar surface area (TPSA) is 97.1 Å². The fourth-order valence-corrected chi connectivity index (χ4v) is 1.91. The molecule has 7 heteroatoms. The van der Waals surface area contributed by atoms with Gasteiger partial charge in [0.15, 0.2) is 0 Å². The molecule has 0 spiro atoms. The number of urea groups is 1. The monoisotopic (exact) mass is 242 g/mol. The van der Waals surface area contributed by atoms with E-state index in [1.54, 1.807) is 0 Å². The lowest BCUT2D eigenvalue weighted by Crippen LogP contribution is -2.41. The van der Waals surface area contributed by atoms with Gasteiger partial charge in [-0.1, -0.05) is 0 Å². The summed E-state index contributed by atoms with van der Waals surface area (Å²) in [6.45, 7) is 3.84. The predicted molar refractivity (Wildman–Crippen MR) is 61.0 cm³/mol. The quantitative estimate of drug-likeness (QED) is 0.707. The Labute approximate surface area is 97.2 Å².